The van der Waals surface area contributed by atoms with Crippen LogP contribution in [-0.2, 0) is 9.47 Å². The van der Waals surface area contributed by atoms with Gasteiger partial charge in [-0.15, -0.1) is 0 Å². The van der Waals surface area contributed by atoms with Gasteiger partial charge in [0, 0.05) is 25.6 Å². The Morgan fingerprint density at radius 2 is 2.10 bits per heavy atom. The predicted octanol–water partition coefficient (Wildman–Crippen LogP) is 1.94. The molecule has 1 aliphatic heterocycles. The molecule has 0 unspecified atom stereocenters. The van der Waals surface area contributed by atoms with Crippen LogP contribution in [0, 0.1) is 0 Å². The highest BCUT2D eigenvalue weighted by Gasteiger charge is 2.37. The third-order valence-electron chi connectivity index (χ3n) is 4.14. The van der Waals surface area contributed by atoms with Gasteiger partial charge in [0.15, 0.2) is 5.79 Å². The number of amides is 1. The largest absolute Gasteiger partial charge is 0.398 e. The summed E-state index contributed by atoms with van der Waals surface area (Å²) in [6, 6.07) is 5.60. The fraction of sp³-hybridized carbons (Fsp3) is 0.438. The summed E-state index contributed by atoms with van der Waals surface area (Å²) < 4.78 is 11.4. The van der Waals surface area contributed by atoms with E-state index in [1.807, 2.05) is 12.1 Å². The average molecular weight is 288 g/mol. The molecule has 1 spiro atoms. The van der Waals surface area contributed by atoms with Crippen molar-refractivity contribution in [1.82, 2.24) is 5.32 Å². The van der Waals surface area contributed by atoms with Gasteiger partial charge in [-0.1, -0.05) is 12.1 Å². The molecule has 2 aliphatic rings. The summed E-state index contributed by atoms with van der Waals surface area (Å²) in [6.07, 6.45) is 4.62. The number of carbonyl (C=O) groups is 1. The predicted molar refractivity (Wildman–Crippen MR) is 80.7 cm³/mol. The summed E-state index contributed by atoms with van der Waals surface area (Å²) >= 11 is 0. The minimum absolute atomic E-state index is 0.162. The average Bonchev–Trinajstić information content (AvgIpc) is 2.96. The van der Waals surface area contributed by atoms with Gasteiger partial charge >= 0.3 is 0 Å². The van der Waals surface area contributed by atoms with Crippen LogP contribution in [-0.4, -0.2) is 32.0 Å². The number of allylic oxidation sites excluding steroid dienone is 1. The second-order valence-electron chi connectivity index (χ2n) is 5.42. The number of carbonyl (C=O) groups excluding carboxylic acids is 1. The number of hydrogen-bond acceptors (Lipinski definition) is 4. The Bertz CT molecular complexity index is 589. The summed E-state index contributed by atoms with van der Waals surface area (Å²) in [5.74, 6) is -0.578. The lowest BCUT2D eigenvalue weighted by molar-refractivity contribution is -0.159. The highest BCUT2D eigenvalue weighted by molar-refractivity contribution is 5.99. The molecule has 3 rings (SSSR count). The molecule has 0 aromatic heterocycles. The number of nitrogens with two attached hydrogens (primary N) is 1. The standard InChI is InChI=1S/C16H20N2O3/c1-18-15(19)13-10-12(2-3-14(13)17)11-4-6-16(7-5-11)20-8-9-21-16/h2-4,10H,5-9,17H2,1H3,(H,18,19). The third kappa shape index (κ3) is 2.66. The molecule has 5 heteroatoms. The lowest BCUT2D eigenvalue weighted by Crippen LogP contribution is -2.31. The molecular formula is C16H20N2O3. The number of nitrogens with one attached hydrogen (secondary N) is 1. The maximum absolute atomic E-state index is 11.8. The number of hydrogen-bond donors (Lipinski definition) is 2. The minimum Gasteiger partial charge on any atom is -0.398 e. The molecule has 1 aromatic carbocycles. The normalized spacial score (nSPS) is 20.3. The number of nitrogen functional groups attached to an aromatic ring is 1. The van der Waals surface area contributed by atoms with Gasteiger partial charge in [-0.3, -0.25) is 4.79 Å². The molecule has 1 aliphatic carbocycles. The zero-order valence-corrected chi connectivity index (χ0v) is 12.1. The molecule has 0 atom stereocenters. The van der Waals surface area contributed by atoms with E-state index in [2.05, 4.69) is 11.4 Å². The van der Waals surface area contributed by atoms with E-state index < -0.39 is 5.79 Å². The molecule has 112 valence electrons. The van der Waals surface area contributed by atoms with Gasteiger partial charge in [-0.2, -0.15) is 0 Å². The maximum atomic E-state index is 11.8. The van der Waals surface area contributed by atoms with Crippen molar-refractivity contribution in [2.75, 3.05) is 26.0 Å². The van der Waals surface area contributed by atoms with E-state index in [1.165, 1.54) is 5.57 Å². The van der Waals surface area contributed by atoms with Crippen LogP contribution in [0.5, 0.6) is 0 Å². The summed E-state index contributed by atoms with van der Waals surface area (Å²) in [6.45, 7) is 1.34. The van der Waals surface area contributed by atoms with Crippen molar-refractivity contribution in [2.45, 2.75) is 25.0 Å². The van der Waals surface area contributed by atoms with Crippen molar-refractivity contribution in [3.05, 3.63) is 35.4 Å². The van der Waals surface area contributed by atoms with Gasteiger partial charge in [0.05, 0.1) is 18.8 Å². The van der Waals surface area contributed by atoms with Crippen molar-refractivity contribution < 1.29 is 14.3 Å². The van der Waals surface area contributed by atoms with E-state index in [4.69, 9.17) is 15.2 Å². The first kappa shape index (κ1) is 14.1. The van der Waals surface area contributed by atoms with E-state index in [9.17, 15) is 4.79 Å². The van der Waals surface area contributed by atoms with E-state index in [-0.39, 0.29) is 5.91 Å². The van der Waals surface area contributed by atoms with Gasteiger partial charge in [0.25, 0.3) is 5.91 Å². The van der Waals surface area contributed by atoms with Crippen LogP contribution in [0.4, 0.5) is 5.69 Å². The fourth-order valence-electron chi connectivity index (χ4n) is 2.92. The first-order valence-corrected chi connectivity index (χ1v) is 7.22. The molecule has 0 bridgehead atoms. The first-order chi connectivity index (χ1) is 10.1. The first-order valence-electron chi connectivity index (χ1n) is 7.22. The van der Waals surface area contributed by atoms with Crippen molar-refractivity contribution in [1.29, 1.82) is 0 Å². The molecule has 1 saturated heterocycles. The number of benzene rings is 1. The fourth-order valence-corrected chi connectivity index (χ4v) is 2.92. The van der Waals surface area contributed by atoms with Crippen molar-refractivity contribution in [3.63, 3.8) is 0 Å². The van der Waals surface area contributed by atoms with Crippen LogP contribution >= 0.6 is 0 Å². The maximum Gasteiger partial charge on any atom is 0.253 e. The third-order valence-corrected chi connectivity index (χ3v) is 4.14. The Morgan fingerprint density at radius 1 is 1.33 bits per heavy atom. The van der Waals surface area contributed by atoms with Crippen LogP contribution < -0.4 is 11.1 Å². The molecule has 21 heavy (non-hydrogen) atoms. The summed E-state index contributed by atoms with van der Waals surface area (Å²) in [5.41, 5.74) is 9.13. The quantitative estimate of drug-likeness (QED) is 0.816. The summed E-state index contributed by atoms with van der Waals surface area (Å²) in [4.78, 5) is 11.8. The van der Waals surface area contributed by atoms with Crippen LogP contribution in [0.25, 0.3) is 5.57 Å². The number of rotatable bonds is 2. The second kappa shape index (κ2) is 5.50. The van der Waals surface area contributed by atoms with E-state index >= 15 is 0 Å². The van der Waals surface area contributed by atoms with Gasteiger partial charge in [0.2, 0.25) is 0 Å². The van der Waals surface area contributed by atoms with Crippen LogP contribution in [0.2, 0.25) is 0 Å². The van der Waals surface area contributed by atoms with Crippen molar-refractivity contribution >= 4 is 17.2 Å². The Balaban J connectivity index is 1.84. The topological polar surface area (TPSA) is 73.6 Å². The minimum atomic E-state index is -0.416. The Hall–Kier alpha value is -1.85. The Kier molecular flexibility index (Phi) is 3.69. The molecule has 1 amide bonds. The molecule has 3 N–H and O–H groups in total. The molecule has 5 nitrogen and oxygen atoms in total. The zero-order valence-electron chi connectivity index (χ0n) is 12.1. The van der Waals surface area contributed by atoms with Gasteiger partial charge < -0.3 is 20.5 Å². The second-order valence-corrected chi connectivity index (χ2v) is 5.42. The molecular weight excluding hydrogens is 268 g/mol. The highest BCUT2D eigenvalue weighted by Crippen LogP contribution is 2.38. The zero-order chi connectivity index (χ0) is 14.9. The SMILES string of the molecule is CNC(=O)c1cc(C2=CCC3(CC2)OCCO3)ccc1N. The van der Waals surface area contributed by atoms with Crippen LogP contribution in [0.1, 0.15) is 35.2 Å². The molecule has 1 fully saturated rings. The van der Waals surface area contributed by atoms with E-state index in [1.54, 1.807) is 13.1 Å². The van der Waals surface area contributed by atoms with Crippen LogP contribution in [0.15, 0.2) is 24.3 Å². The monoisotopic (exact) mass is 288 g/mol. The van der Waals surface area contributed by atoms with E-state index in [0.29, 0.717) is 24.5 Å². The highest BCUT2D eigenvalue weighted by atomic mass is 16.7. The van der Waals surface area contributed by atoms with Gasteiger partial charge in [-0.25, -0.2) is 0 Å². The van der Waals surface area contributed by atoms with Gasteiger partial charge in [0.1, 0.15) is 0 Å². The molecule has 0 saturated carbocycles. The molecule has 1 aromatic rings. The number of ether oxygens (including phenoxy) is 2. The van der Waals surface area contributed by atoms with Crippen molar-refractivity contribution in [3.8, 4) is 0 Å². The molecule has 0 radical (unpaired) electrons. The number of anilines is 1. The lowest BCUT2D eigenvalue weighted by Gasteiger charge is -2.30. The van der Waals surface area contributed by atoms with Crippen molar-refractivity contribution in [2.24, 2.45) is 0 Å². The summed E-state index contributed by atoms with van der Waals surface area (Å²) in [5, 5.41) is 2.61. The lowest BCUT2D eigenvalue weighted by atomic mass is 9.89. The smallest absolute Gasteiger partial charge is 0.253 e. The molecule has 1 heterocycles. The Morgan fingerprint density at radius 3 is 2.71 bits per heavy atom. The van der Waals surface area contributed by atoms with Crippen LogP contribution in [0.3, 0.4) is 0 Å². The van der Waals surface area contributed by atoms with E-state index in [0.717, 1.165) is 24.8 Å². The summed E-state index contributed by atoms with van der Waals surface area (Å²) in [7, 11) is 1.60. The Labute approximate surface area is 124 Å². The van der Waals surface area contributed by atoms with Gasteiger partial charge in [-0.05, 0) is 29.7 Å².